The van der Waals surface area contributed by atoms with E-state index < -0.39 is 17.6 Å². The van der Waals surface area contributed by atoms with E-state index in [1.165, 1.54) is 11.0 Å². The van der Waals surface area contributed by atoms with Crippen LogP contribution in [0.5, 0.6) is 0 Å². The van der Waals surface area contributed by atoms with Crippen molar-refractivity contribution < 1.29 is 22.8 Å². The molecular formula is C21H16F3N3O2S2. The second-order valence-corrected chi connectivity index (χ2v) is 8.44. The SMILES string of the molecule is N#Cc1ccc(C(=O)NCCN(Cc2ccccc2)C(=O)c2cc(C(F)(F)F)cs2)s1. The first-order chi connectivity index (χ1) is 14.8. The number of nitriles is 1. The van der Waals surface area contributed by atoms with E-state index >= 15 is 0 Å². The third-order valence-electron chi connectivity index (χ3n) is 4.25. The quantitative estimate of drug-likeness (QED) is 0.549. The van der Waals surface area contributed by atoms with Crippen molar-refractivity contribution in [2.75, 3.05) is 13.1 Å². The molecule has 31 heavy (non-hydrogen) atoms. The van der Waals surface area contributed by atoms with Gasteiger partial charge in [-0.1, -0.05) is 30.3 Å². The fourth-order valence-corrected chi connectivity index (χ4v) is 4.32. The van der Waals surface area contributed by atoms with Crippen LogP contribution < -0.4 is 5.32 Å². The topological polar surface area (TPSA) is 73.2 Å². The molecule has 0 aliphatic carbocycles. The molecule has 0 radical (unpaired) electrons. The number of thiophene rings is 2. The highest BCUT2D eigenvalue weighted by Crippen LogP contribution is 2.33. The Morgan fingerprint density at radius 1 is 1.10 bits per heavy atom. The van der Waals surface area contributed by atoms with Gasteiger partial charge in [0.05, 0.1) is 15.3 Å². The third kappa shape index (κ3) is 5.93. The summed E-state index contributed by atoms with van der Waals surface area (Å²) < 4.78 is 38.7. The minimum Gasteiger partial charge on any atom is -0.350 e. The summed E-state index contributed by atoms with van der Waals surface area (Å²) >= 11 is 1.79. The van der Waals surface area contributed by atoms with E-state index in [-0.39, 0.29) is 30.4 Å². The Labute approximate surface area is 184 Å². The van der Waals surface area contributed by atoms with E-state index in [0.29, 0.717) is 9.75 Å². The van der Waals surface area contributed by atoms with Crippen LogP contribution in [0.2, 0.25) is 0 Å². The first-order valence-corrected chi connectivity index (χ1v) is 10.7. The highest BCUT2D eigenvalue weighted by atomic mass is 32.1. The van der Waals surface area contributed by atoms with Gasteiger partial charge >= 0.3 is 6.18 Å². The van der Waals surface area contributed by atoms with Crippen molar-refractivity contribution in [1.82, 2.24) is 10.2 Å². The van der Waals surface area contributed by atoms with Gasteiger partial charge in [-0.15, -0.1) is 22.7 Å². The molecule has 0 aliphatic rings. The molecule has 2 heterocycles. The van der Waals surface area contributed by atoms with Gasteiger partial charge in [0.25, 0.3) is 11.8 Å². The maximum atomic E-state index is 12.9. The highest BCUT2D eigenvalue weighted by molar-refractivity contribution is 7.14. The Bertz CT molecular complexity index is 1100. The molecule has 2 amide bonds. The molecule has 0 aliphatic heterocycles. The molecule has 3 rings (SSSR count). The molecule has 1 aromatic carbocycles. The normalized spacial score (nSPS) is 11.0. The summed E-state index contributed by atoms with van der Waals surface area (Å²) in [6.07, 6.45) is -4.52. The number of carbonyl (C=O) groups is 2. The van der Waals surface area contributed by atoms with Gasteiger partial charge in [0.15, 0.2) is 0 Å². The average molecular weight is 464 g/mol. The van der Waals surface area contributed by atoms with Gasteiger partial charge in [0.1, 0.15) is 10.9 Å². The zero-order valence-corrected chi connectivity index (χ0v) is 17.6. The fraction of sp³-hybridized carbons (Fsp3) is 0.190. The zero-order valence-electron chi connectivity index (χ0n) is 16.0. The number of nitrogens with one attached hydrogen (secondary N) is 1. The minimum atomic E-state index is -4.52. The molecule has 0 atom stereocenters. The molecule has 0 saturated carbocycles. The number of alkyl halides is 3. The Morgan fingerprint density at radius 2 is 1.84 bits per heavy atom. The number of hydrogen-bond acceptors (Lipinski definition) is 5. The van der Waals surface area contributed by atoms with Crippen LogP contribution in [0, 0.1) is 11.3 Å². The number of amides is 2. The van der Waals surface area contributed by atoms with Gasteiger partial charge in [-0.05, 0) is 23.8 Å². The van der Waals surface area contributed by atoms with Gasteiger partial charge < -0.3 is 10.2 Å². The van der Waals surface area contributed by atoms with E-state index in [0.717, 1.165) is 39.7 Å². The second kappa shape index (κ2) is 9.76. The van der Waals surface area contributed by atoms with Gasteiger partial charge in [-0.2, -0.15) is 18.4 Å². The van der Waals surface area contributed by atoms with E-state index in [4.69, 9.17) is 5.26 Å². The average Bonchev–Trinajstić information content (AvgIpc) is 3.43. The van der Waals surface area contributed by atoms with Crippen molar-refractivity contribution in [3.05, 3.63) is 79.7 Å². The van der Waals surface area contributed by atoms with Crippen LogP contribution in [0.25, 0.3) is 0 Å². The number of nitrogens with zero attached hydrogens (tertiary/aromatic N) is 2. The first kappa shape index (κ1) is 22.5. The fourth-order valence-electron chi connectivity index (χ4n) is 2.72. The number of halogens is 3. The summed E-state index contributed by atoms with van der Waals surface area (Å²) in [5.41, 5.74) is -0.0495. The van der Waals surface area contributed by atoms with Gasteiger partial charge in [0, 0.05) is 25.0 Å². The molecule has 1 N–H and O–H groups in total. The van der Waals surface area contributed by atoms with E-state index in [1.807, 2.05) is 24.3 Å². The van der Waals surface area contributed by atoms with Crippen LogP contribution in [0.4, 0.5) is 13.2 Å². The monoisotopic (exact) mass is 463 g/mol. The summed E-state index contributed by atoms with van der Waals surface area (Å²) in [6.45, 7) is 0.399. The molecule has 5 nitrogen and oxygen atoms in total. The minimum absolute atomic E-state index is 0.0218. The molecule has 0 saturated heterocycles. The molecule has 0 fully saturated rings. The second-order valence-electron chi connectivity index (χ2n) is 6.44. The number of benzene rings is 1. The largest absolute Gasteiger partial charge is 0.417 e. The lowest BCUT2D eigenvalue weighted by Crippen LogP contribution is -2.37. The lowest BCUT2D eigenvalue weighted by atomic mass is 10.2. The summed E-state index contributed by atoms with van der Waals surface area (Å²) in [5, 5.41) is 12.5. The molecular weight excluding hydrogens is 447 g/mol. The summed E-state index contributed by atoms with van der Waals surface area (Å²) in [6, 6.07) is 14.9. The number of hydrogen-bond donors (Lipinski definition) is 1. The predicted molar refractivity (Wildman–Crippen MR) is 112 cm³/mol. The van der Waals surface area contributed by atoms with E-state index in [2.05, 4.69) is 5.32 Å². The van der Waals surface area contributed by atoms with Gasteiger partial charge in [-0.3, -0.25) is 9.59 Å². The van der Waals surface area contributed by atoms with Crippen LogP contribution in [-0.2, 0) is 12.7 Å². The van der Waals surface area contributed by atoms with Crippen molar-refractivity contribution in [1.29, 1.82) is 5.26 Å². The van der Waals surface area contributed by atoms with Crippen LogP contribution in [-0.4, -0.2) is 29.8 Å². The van der Waals surface area contributed by atoms with Crippen molar-refractivity contribution in [2.24, 2.45) is 0 Å². The maximum Gasteiger partial charge on any atom is 0.417 e. The molecule has 160 valence electrons. The van der Waals surface area contributed by atoms with Gasteiger partial charge in [-0.25, -0.2) is 0 Å². The van der Waals surface area contributed by atoms with Crippen molar-refractivity contribution in [3.8, 4) is 6.07 Å². The lowest BCUT2D eigenvalue weighted by Gasteiger charge is -2.22. The molecule has 10 heteroatoms. The van der Waals surface area contributed by atoms with Crippen LogP contribution in [0.3, 0.4) is 0 Å². The predicted octanol–water partition coefficient (Wildman–Crippen LogP) is 4.77. The summed E-state index contributed by atoms with van der Waals surface area (Å²) in [4.78, 5) is 27.3. The maximum absolute atomic E-state index is 12.9. The smallest absolute Gasteiger partial charge is 0.350 e. The lowest BCUT2D eigenvalue weighted by molar-refractivity contribution is -0.137. The first-order valence-electron chi connectivity index (χ1n) is 9.05. The molecule has 0 bridgehead atoms. The van der Waals surface area contributed by atoms with Crippen LogP contribution in [0.15, 0.2) is 53.9 Å². The van der Waals surface area contributed by atoms with Crippen LogP contribution in [0.1, 0.15) is 35.3 Å². The van der Waals surface area contributed by atoms with E-state index in [1.54, 1.807) is 18.2 Å². The summed E-state index contributed by atoms with van der Waals surface area (Å²) in [7, 11) is 0. The zero-order chi connectivity index (χ0) is 22.4. The van der Waals surface area contributed by atoms with Crippen molar-refractivity contribution in [2.45, 2.75) is 12.7 Å². The van der Waals surface area contributed by atoms with Crippen molar-refractivity contribution in [3.63, 3.8) is 0 Å². The molecule has 0 spiro atoms. The molecule has 0 unspecified atom stereocenters. The van der Waals surface area contributed by atoms with E-state index in [9.17, 15) is 22.8 Å². The van der Waals surface area contributed by atoms with Crippen molar-refractivity contribution >= 4 is 34.5 Å². The Balaban J connectivity index is 1.70. The molecule has 2 aromatic heterocycles. The molecule has 3 aromatic rings. The Hall–Kier alpha value is -3.16. The van der Waals surface area contributed by atoms with Gasteiger partial charge in [0.2, 0.25) is 0 Å². The standard InChI is InChI=1S/C21H16F3N3O2S2/c22-21(23,24)15-10-18(30-13-15)20(29)27(12-14-4-2-1-3-5-14)9-8-26-19(28)17-7-6-16(11-25)31-17/h1-7,10,13H,8-9,12H2,(H,26,28). The highest BCUT2D eigenvalue weighted by Gasteiger charge is 2.33. The van der Waals surface area contributed by atoms with Crippen LogP contribution >= 0.6 is 22.7 Å². The summed E-state index contributed by atoms with van der Waals surface area (Å²) in [5.74, 6) is -0.921. The third-order valence-corrected chi connectivity index (χ3v) is 6.16. The Kier molecular flexibility index (Phi) is 7.09. The number of carbonyl (C=O) groups excluding carboxylic acids is 2. The number of rotatable bonds is 7. The Morgan fingerprint density at radius 3 is 2.45 bits per heavy atom.